The quantitative estimate of drug-likeness (QED) is 0.269. The van der Waals surface area contributed by atoms with Crippen molar-refractivity contribution in [2.24, 2.45) is 5.92 Å². The first-order chi connectivity index (χ1) is 18.7. The van der Waals surface area contributed by atoms with Gasteiger partial charge in [0.25, 0.3) is 0 Å². The van der Waals surface area contributed by atoms with Crippen molar-refractivity contribution < 1.29 is 28.5 Å². The highest BCUT2D eigenvalue weighted by Crippen LogP contribution is 2.47. The molecule has 0 bridgehead atoms. The molecule has 2 aromatic heterocycles. The first kappa shape index (κ1) is 26.9. The summed E-state index contributed by atoms with van der Waals surface area (Å²) in [4.78, 5) is 8.55. The molecule has 0 radical (unpaired) electrons. The second kappa shape index (κ2) is 10.3. The third-order valence-corrected chi connectivity index (χ3v) is 8.48. The number of ether oxygens (including phenoxy) is 2. The summed E-state index contributed by atoms with van der Waals surface area (Å²) in [5, 5.41) is 20.7. The van der Waals surface area contributed by atoms with Crippen molar-refractivity contribution in [3.63, 3.8) is 0 Å². The molecule has 3 aliphatic rings. The fourth-order valence-corrected chi connectivity index (χ4v) is 6.66. The molecule has 39 heavy (non-hydrogen) atoms. The maximum Gasteiger partial charge on any atom is 0.226 e. The van der Waals surface area contributed by atoms with Gasteiger partial charge in [-0.3, -0.25) is 4.68 Å². The normalized spacial score (nSPS) is 29.5. The Morgan fingerprint density at radius 3 is 2.67 bits per heavy atom. The van der Waals surface area contributed by atoms with E-state index in [4.69, 9.17) is 26.8 Å². The molecule has 5 unspecified atom stereocenters. The number of aliphatic hydroxyl groups is 2. The highest BCUT2D eigenvalue weighted by Gasteiger charge is 2.46. The van der Waals surface area contributed by atoms with Gasteiger partial charge in [0.15, 0.2) is 28.9 Å². The lowest BCUT2D eigenvalue weighted by Crippen LogP contribution is -2.43. The molecule has 5 atom stereocenters. The van der Waals surface area contributed by atoms with Crippen LogP contribution in [-0.4, -0.2) is 60.8 Å². The van der Waals surface area contributed by atoms with Gasteiger partial charge in [0, 0.05) is 25.3 Å². The molecular weight excluding hydrogens is 532 g/mol. The van der Waals surface area contributed by atoms with Gasteiger partial charge in [0.1, 0.15) is 5.52 Å². The zero-order valence-electron chi connectivity index (χ0n) is 21.8. The van der Waals surface area contributed by atoms with E-state index in [2.05, 4.69) is 16.9 Å². The number of nitrogens with two attached hydrogens (primary N) is 1. The maximum absolute atomic E-state index is 14.7. The zero-order valence-corrected chi connectivity index (χ0v) is 22.6. The third kappa shape index (κ3) is 5.04. The van der Waals surface area contributed by atoms with Gasteiger partial charge in [-0.2, -0.15) is 9.97 Å². The van der Waals surface area contributed by atoms with Crippen molar-refractivity contribution >= 4 is 28.6 Å². The second-order valence-corrected chi connectivity index (χ2v) is 11.7. The summed E-state index contributed by atoms with van der Waals surface area (Å²) in [6, 6.07) is 2.05. The molecular formula is C27H34ClF2N5O4. The van der Waals surface area contributed by atoms with E-state index in [-0.39, 0.29) is 36.3 Å². The highest BCUT2D eigenvalue weighted by molar-refractivity contribution is 6.28. The molecule has 3 saturated carbocycles. The molecule has 9 nitrogen and oxygen atoms in total. The molecule has 0 amide bonds. The Hall–Kier alpha value is -2.31. The lowest BCUT2D eigenvalue weighted by Gasteiger charge is -2.40. The third-order valence-electron chi connectivity index (χ3n) is 8.31. The largest absolute Gasteiger partial charge is 0.394 e. The van der Waals surface area contributed by atoms with Crippen LogP contribution in [0.15, 0.2) is 12.1 Å². The van der Waals surface area contributed by atoms with Gasteiger partial charge in [0.05, 0.1) is 37.2 Å². The first-order valence-electron chi connectivity index (χ1n) is 13.7. The van der Waals surface area contributed by atoms with Crippen LogP contribution in [0.1, 0.15) is 75.8 Å². The summed E-state index contributed by atoms with van der Waals surface area (Å²) >= 11 is 6.21. The molecule has 212 valence electrons. The Labute approximate surface area is 229 Å². The van der Waals surface area contributed by atoms with Crippen LogP contribution in [0.3, 0.4) is 0 Å². The molecule has 0 saturated heterocycles. The molecule has 3 fully saturated rings. The van der Waals surface area contributed by atoms with Crippen molar-refractivity contribution in [1.82, 2.24) is 19.3 Å². The second-order valence-electron chi connectivity index (χ2n) is 11.4. The SMILES string of the molecule is CC1CCCC(O)(OC2CC(OCCO)CC2n2c3nc(Cl)nc(N)c3n2-c2cc(F)c(F)cc2C2CC2)C1. The van der Waals surface area contributed by atoms with Crippen LogP contribution in [0.4, 0.5) is 14.6 Å². The van der Waals surface area contributed by atoms with Crippen LogP contribution < -0.4 is 5.73 Å². The average Bonchev–Trinajstić information content (AvgIpc) is 3.63. The molecule has 12 heteroatoms. The van der Waals surface area contributed by atoms with Crippen LogP contribution in [0.25, 0.3) is 16.9 Å². The number of benzene rings is 1. The topological polar surface area (TPSA) is 121 Å². The molecule has 4 N–H and O–H groups in total. The minimum Gasteiger partial charge on any atom is -0.394 e. The van der Waals surface area contributed by atoms with E-state index in [1.165, 1.54) is 12.1 Å². The fourth-order valence-electron chi connectivity index (χ4n) is 6.49. The van der Waals surface area contributed by atoms with Crippen LogP contribution in [0.5, 0.6) is 0 Å². The zero-order chi connectivity index (χ0) is 27.5. The number of anilines is 1. The molecule has 6 rings (SSSR count). The predicted octanol–water partition coefficient (Wildman–Crippen LogP) is 4.61. The molecule has 0 spiro atoms. The number of aliphatic hydroxyl groups excluding tert-OH is 1. The van der Waals surface area contributed by atoms with E-state index in [0.717, 1.165) is 25.7 Å². The van der Waals surface area contributed by atoms with E-state index in [1.54, 1.807) is 4.68 Å². The maximum atomic E-state index is 14.7. The van der Waals surface area contributed by atoms with Crippen LogP contribution in [0, 0.1) is 17.6 Å². The lowest BCUT2D eigenvalue weighted by atomic mass is 9.86. The molecule has 1 aromatic carbocycles. The summed E-state index contributed by atoms with van der Waals surface area (Å²) < 4.78 is 45.0. The smallest absolute Gasteiger partial charge is 0.226 e. The first-order valence-corrected chi connectivity index (χ1v) is 14.1. The Morgan fingerprint density at radius 2 is 1.95 bits per heavy atom. The van der Waals surface area contributed by atoms with Crippen molar-refractivity contribution in [2.75, 3.05) is 18.9 Å². The highest BCUT2D eigenvalue weighted by atomic mass is 35.5. The Morgan fingerprint density at radius 1 is 1.18 bits per heavy atom. The summed E-state index contributed by atoms with van der Waals surface area (Å²) in [6.07, 6.45) is 4.91. The van der Waals surface area contributed by atoms with Gasteiger partial charge in [-0.1, -0.05) is 13.3 Å². The number of halogens is 3. The standard InChI is InChI=1S/C27H34ClF2N5O4/c1-14-3-2-6-27(37,13-14)39-22-10-16(38-8-7-36)9-21(22)35-25-23(24(31)32-26(28)33-25)34(35)20-12-19(30)18(29)11-17(20)15-4-5-15/h11-12,14-16,21-22,36-37H,2-10,13H2,1H3,(H2,31,32,33). The van der Waals surface area contributed by atoms with Crippen molar-refractivity contribution in [2.45, 2.75) is 88.2 Å². The van der Waals surface area contributed by atoms with Gasteiger partial charge >= 0.3 is 0 Å². The predicted molar refractivity (Wildman–Crippen MR) is 141 cm³/mol. The van der Waals surface area contributed by atoms with Gasteiger partial charge in [-0.25, -0.2) is 13.5 Å². The van der Waals surface area contributed by atoms with Crippen molar-refractivity contribution in [1.29, 1.82) is 0 Å². The van der Waals surface area contributed by atoms with Gasteiger partial charge in [-0.15, -0.1) is 0 Å². The van der Waals surface area contributed by atoms with Crippen LogP contribution >= 0.6 is 11.6 Å². The van der Waals surface area contributed by atoms with E-state index < -0.39 is 29.6 Å². The molecule has 3 aromatic rings. The van der Waals surface area contributed by atoms with E-state index >= 15 is 0 Å². The number of nitrogens with zero attached hydrogens (tertiary/aromatic N) is 4. The van der Waals surface area contributed by atoms with E-state index in [1.807, 2.05) is 4.68 Å². The van der Waals surface area contributed by atoms with Gasteiger partial charge < -0.3 is 25.4 Å². The Bertz CT molecular complexity index is 1380. The van der Waals surface area contributed by atoms with Crippen LogP contribution in [-0.2, 0) is 9.47 Å². The fraction of sp³-hybridized carbons (Fsp3) is 0.630. The van der Waals surface area contributed by atoms with Crippen molar-refractivity contribution in [3.05, 3.63) is 34.6 Å². The van der Waals surface area contributed by atoms with Gasteiger partial charge in [0.2, 0.25) is 5.28 Å². The monoisotopic (exact) mass is 565 g/mol. The number of hydrogen-bond acceptors (Lipinski definition) is 7. The number of rotatable bonds is 8. The van der Waals surface area contributed by atoms with E-state index in [0.29, 0.717) is 54.0 Å². The molecule has 3 aliphatic carbocycles. The number of hydrogen-bond donors (Lipinski definition) is 3. The minimum atomic E-state index is -1.28. The summed E-state index contributed by atoms with van der Waals surface area (Å²) in [5.74, 6) is -2.60. The number of aromatic nitrogens is 4. The molecule has 2 heterocycles. The summed E-state index contributed by atoms with van der Waals surface area (Å²) in [7, 11) is 0. The van der Waals surface area contributed by atoms with E-state index in [9.17, 15) is 19.0 Å². The number of nitrogen functional groups attached to an aromatic ring is 1. The minimum absolute atomic E-state index is 0.0353. The Kier molecular flexibility index (Phi) is 7.08. The summed E-state index contributed by atoms with van der Waals surface area (Å²) in [6.45, 7) is 2.15. The summed E-state index contributed by atoms with van der Waals surface area (Å²) in [5.41, 5.74) is 8.34. The van der Waals surface area contributed by atoms with Crippen molar-refractivity contribution in [3.8, 4) is 5.69 Å². The lowest BCUT2D eigenvalue weighted by molar-refractivity contribution is -0.256. The Balaban J connectivity index is 1.47. The number of fused-ring (bicyclic) bond motifs is 1. The average molecular weight is 566 g/mol. The van der Waals surface area contributed by atoms with Gasteiger partial charge in [-0.05, 0) is 60.7 Å². The van der Waals surface area contributed by atoms with Crippen LogP contribution in [0.2, 0.25) is 5.28 Å². The molecule has 0 aliphatic heterocycles.